The first-order chi connectivity index (χ1) is 12.4. The zero-order valence-electron chi connectivity index (χ0n) is 14.2. The Morgan fingerprint density at radius 3 is 2.81 bits per heavy atom. The zero-order valence-corrected chi connectivity index (χ0v) is 16.6. The lowest BCUT2D eigenvalue weighted by atomic mass is 10.2. The van der Waals surface area contributed by atoms with Gasteiger partial charge in [0.25, 0.3) is 0 Å². The molecule has 0 aliphatic rings. The lowest BCUT2D eigenvalue weighted by Crippen LogP contribution is -2.22. The zero-order chi connectivity index (χ0) is 18.7. The predicted molar refractivity (Wildman–Crippen MR) is 108 cm³/mol. The molecule has 0 unspecified atom stereocenters. The van der Waals surface area contributed by atoms with Gasteiger partial charge in [-0.05, 0) is 32.0 Å². The largest absolute Gasteiger partial charge is 0.325 e. The summed E-state index contributed by atoms with van der Waals surface area (Å²) < 4.78 is 1.62. The maximum Gasteiger partial charge on any atom is 0.323 e. The molecule has 0 fully saturated rings. The molecule has 1 aromatic carbocycles. The molecule has 7 nitrogen and oxygen atoms in total. The molecule has 1 atom stereocenters. The standard InChI is InChI=1S/C16H17N5O2S3/c1-8(2)7-24-15-20-21-16(26-15)25-9(3)13(22)17-10-4-5-11-12(6-10)19-14(23)18-11/h4-6,9H,1,7H2,2-3H3,(H,17,22)(H2,18,19,23)/t9-/m1/s1. The summed E-state index contributed by atoms with van der Waals surface area (Å²) in [5.74, 6) is 0.664. The van der Waals surface area contributed by atoms with Crippen molar-refractivity contribution in [3.05, 3.63) is 40.8 Å². The van der Waals surface area contributed by atoms with Crippen molar-refractivity contribution in [2.75, 3.05) is 11.1 Å². The number of carbonyl (C=O) groups excluding carboxylic acids is 1. The van der Waals surface area contributed by atoms with Crippen molar-refractivity contribution in [1.29, 1.82) is 0 Å². The van der Waals surface area contributed by atoms with Crippen LogP contribution < -0.4 is 11.0 Å². The average Bonchev–Trinajstić information content (AvgIpc) is 3.17. The molecule has 3 aromatic rings. The molecule has 1 amide bonds. The van der Waals surface area contributed by atoms with E-state index in [4.69, 9.17) is 0 Å². The third kappa shape index (κ3) is 4.77. The van der Waals surface area contributed by atoms with E-state index in [1.54, 1.807) is 30.0 Å². The molecule has 26 heavy (non-hydrogen) atoms. The Morgan fingerprint density at radius 2 is 2.04 bits per heavy atom. The quantitative estimate of drug-likeness (QED) is 0.409. The lowest BCUT2D eigenvalue weighted by molar-refractivity contribution is -0.115. The van der Waals surface area contributed by atoms with Crippen LogP contribution in [0, 0.1) is 0 Å². The number of aromatic amines is 2. The van der Waals surface area contributed by atoms with Crippen LogP contribution in [0.25, 0.3) is 11.0 Å². The van der Waals surface area contributed by atoms with E-state index in [2.05, 4.69) is 32.1 Å². The van der Waals surface area contributed by atoms with Gasteiger partial charge in [-0.3, -0.25) is 4.79 Å². The lowest BCUT2D eigenvalue weighted by Gasteiger charge is -2.10. The molecule has 0 bridgehead atoms. The third-order valence-electron chi connectivity index (χ3n) is 3.26. The van der Waals surface area contributed by atoms with Crippen molar-refractivity contribution in [3.8, 4) is 0 Å². The molecule has 0 radical (unpaired) electrons. The van der Waals surface area contributed by atoms with Gasteiger partial charge < -0.3 is 15.3 Å². The summed E-state index contributed by atoms with van der Waals surface area (Å²) in [6.45, 7) is 7.65. The number of aromatic nitrogens is 4. The Morgan fingerprint density at radius 1 is 1.31 bits per heavy atom. The van der Waals surface area contributed by atoms with Crippen LogP contribution in [0.2, 0.25) is 0 Å². The SMILES string of the molecule is C=C(C)CSc1nnc(S[C@H](C)C(=O)Nc2ccc3[nH]c(=O)[nH]c3c2)s1. The maximum absolute atomic E-state index is 12.4. The van der Waals surface area contributed by atoms with Crippen molar-refractivity contribution >= 4 is 57.5 Å². The number of thioether (sulfide) groups is 2. The Balaban J connectivity index is 1.60. The minimum absolute atomic E-state index is 0.140. The molecule has 0 aliphatic heterocycles. The number of carbonyl (C=O) groups is 1. The van der Waals surface area contributed by atoms with Gasteiger partial charge in [0.15, 0.2) is 8.68 Å². The fraction of sp³-hybridized carbons (Fsp3) is 0.250. The van der Waals surface area contributed by atoms with E-state index in [1.165, 1.54) is 23.1 Å². The predicted octanol–water partition coefficient (Wildman–Crippen LogP) is 3.50. The summed E-state index contributed by atoms with van der Waals surface area (Å²) in [5, 5.41) is 10.8. The van der Waals surface area contributed by atoms with Crippen LogP contribution in [0.1, 0.15) is 13.8 Å². The summed E-state index contributed by atoms with van der Waals surface area (Å²) in [6.07, 6.45) is 0. The summed E-state index contributed by atoms with van der Waals surface area (Å²) in [7, 11) is 0. The molecular formula is C16H17N5O2S3. The van der Waals surface area contributed by atoms with Crippen molar-refractivity contribution in [2.45, 2.75) is 27.8 Å². The van der Waals surface area contributed by atoms with Gasteiger partial charge in [0.05, 0.1) is 16.3 Å². The molecular weight excluding hydrogens is 390 g/mol. The van der Waals surface area contributed by atoms with E-state index >= 15 is 0 Å². The van der Waals surface area contributed by atoms with E-state index in [0.717, 1.165) is 20.0 Å². The highest BCUT2D eigenvalue weighted by Crippen LogP contribution is 2.32. The molecule has 136 valence electrons. The normalized spacial score (nSPS) is 12.2. The molecule has 10 heteroatoms. The van der Waals surface area contributed by atoms with Gasteiger partial charge in [0.1, 0.15) is 0 Å². The molecule has 0 saturated carbocycles. The van der Waals surface area contributed by atoms with Gasteiger partial charge in [-0.15, -0.1) is 10.2 Å². The molecule has 0 saturated heterocycles. The first kappa shape index (κ1) is 18.7. The molecule has 2 heterocycles. The van der Waals surface area contributed by atoms with Crippen LogP contribution in [-0.4, -0.2) is 37.1 Å². The fourth-order valence-corrected chi connectivity index (χ4v) is 5.05. The Bertz CT molecular complexity index is 1010. The van der Waals surface area contributed by atoms with E-state index in [1.807, 2.05) is 13.8 Å². The maximum atomic E-state index is 12.4. The van der Waals surface area contributed by atoms with Crippen LogP contribution in [0.15, 0.2) is 43.8 Å². The van der Waals surface area contributed by atoms with Gasteiger partial charge in [-0.25, -0.2) is 4.79 Å². The number of amides is 1. The highest BCUT2D eigenvalue weighted by molar-refractivity contribution is 8.04. The van der Waals surface area contributed by atoms with Crippen molar-refractivity contribution in [2.24, 2.45) is 0 Å². The number of anilines is 1. The van der Waals surface area contributed by atoms with Crippen LogP contribution in [-0.2, 0) is 4.79 Å². The monoisotopic (exact) mass is 407 g/mol. The highest BCUT2D eigenvalue weighted by atomic mass is 32.2. The second kappa shape index (κ2) is 8.11. The molecule has 3 rings (SSSR count). The second-order valence-corrected chi connectivity index (χ2v) is 9.46. The summed E-state index contributed by atoms with van der Waals surface area (Å²) in [6, 6.07) is 5.22. The number of hydrogen-bond acceptors (Lipinski definition) is 7. The summed E-state index contributed by atoms with van der Waals surface area (Å²) >= 11 is 4.43. The third-order valence-corrected chi connectivity index (χ3v) is 6.73. The number of nitrogens with one attached hydrogen (secondary N) is 3. The first-order valence-electron chi connectivity index (χ1n) is 7.71. The average molecular weight is 408 g/mol. The number of nitrogens with zero attached hydrogens (tertiary/aromatic N) is 2. The van der Waals surface area contributed by atoms with Gasteiger partial charge >= 0.3 is 5.69 Å². The summed E-state index contributed by atoms with van der Waals surface area (Å²) in [5.41, 5.74) is 2.78. The van der Waals surface area contributed by atoms with E-state index in [9.17, 15) is 9.59 Å². The Labute approximate surface area is 162 Å². The fourth-order valence-electron chi connectivity index (χ4n) is 2.05. The van der Waals surface area contributed by atoms with E-state index in [-0.39, 0.29) is 16.8 Å². The number of rotatable bonds is 7. The van der Waals surface area contributed by atoms with Crippen LogP contribution >= 0.6 is 34.9 Å². The first-order valence-corrected chi connectivity index (χ1v) is 10.4. The topological polar surface area (TPSA) is 104 Å². The van der Waals surface area contributed by atoms with Gasteiger partial charge in [0, 0.05) is 11.4 Å². The molecule has 2 aromatic heterocycles. The second-order valence-electron chi connectivity index (χ2n) is 5.67. The number of fused-ring (bicyclic) bond motifs is 1. The smallest absolute Gasteiger partial charge is 0.323 e. The number of benzene rings is 1. The van der Waals surface area contributed by atoms with E-state index < -0.39 is 0 Å². The van der Waals surface area contributed by atoms with Crippen molar-refractivity contribution < 1.29 is 4.79 Å². The number of H-pyrrole nitrogens is 2. The molecule has 0 aliphatic carbocycles. The minimum Gasteiger partial charge on any atom is -0.325 e. The number of imidazole rings is 1. The molecule has 3 N–H and O–H groups in total. The van der Waals surface area contributed by atoms with Gasteiger partial charge in [-0.1, -0.05) is 47.0 Å². The van der Waals surface area contributed by atoms with Crippen molar-refractivity contribution in [1.82, 2.24) is 20.2 Å². The minimum atomic E-state index is -0.331. The Hall–Kier alpha value is -2.04. The van der Waals surface area contributed by atoms with Gasteiger partial charge in [-0.2, -0.15) is 0 Å². The van der Waals surface area contributed by atoms with Gasteiger partial charge in [0.2, 0.25) is 5.91 Å². The van der Waals surface area contributed by atoms with Crippen molar-refractivity contribution in [3.63, 3.8) is 0 Å². The number of hydrogen-bond donors (Lipinski definition) is 3. The van der Waals surface area contributed by atoms with Crippen LogP contribution in [0.4, 0.5) is 5.69 Å². The Kier molecular flexibility index (Phi) is 5.84. The van der Waals surface area contributed by atoms with Crippen LogP contribution in [0.3, 0.4) is 0 Å². The van der Waals surface area contributed by atoms with Crippen LogP contribution in [0.5, 0.6) is 0 Å². The summed E-state index contributed by atoms with van der Waals surface area (Å²) in [4.78, 5) is 29.0. The molecule has 0 spiro atoms. The highest BCUT2D eigenvalue weighted by Gasteiger charge is 2.18. The van der Waals surface area contributed by atoms with E-state index in [0.29, 0.717) is 16.7 Å².